The molecule has 9 heteroatoms. The quantitative estimate of drug-likeness (QED) is 0.740. The molecule has 1 amide bonds. The summed E-state index contributed by atoms with van der Waals surface area (Å²) in [5.74, 6) is -2.95. The van der Waals surface area contributed by atoms with Crippen LogP contribution >= 0.6 is 11.8 Å². The Morgan fingerprint density at radius 1 is 1.46 bits per heavy atom. The molecule has 0 saturated carbocycles. The zero-order valence-electron chi connectivity index (χ0n) is 13.2. The molecule has 134 valence electrons. The maximum Gasteiger partial charge on any atom is 0.288 e. The minimum Gasteiger partial charge on any atom is -0.325 e. The standard InChI is InChI=1S/C15H20F2N2O3S2/c1-2-9-24(21,22)19-8-4-7-13(19)14(20)18-11-5-3-6-12(10-11)23-15(16)17/h3,5-6,10,13,15H,2,4,7-9H2,1H3,(H,18,20). The molecule has 0 aromatic heterocycles. The molecular formula is C15H20F2N2O3S2. The molecule has 0 bridgehead atoms. The molecule has 1 aliphatic heterocycles. The number of nitrogens with zero attached hydrogens (tertiary/aromatic N) is 1. The minimum atomic E-state index is -3.45. The van der Waals surface area contributed by atoms with Gasteiger partial charge in [0.15, 0.2) is 0 Å². The summed E-state index contributed by atoms with van der Waals surface area (Å²) in [6.07, 6.45) is 1.57. The number of alkyl halides is 2. The fraction of sp³-hybridized carbons (Fsp3) is 0.533. The van der Waals surface area contributed by atoms with Crippen molar-refractivity contribution in [2.24, 2.45) is 0 Å². The molecule has 1 saturated heterocycles. The summed E-state index contributed by atoms with van der Waals surface area (Å²) in [7, 11) is -3.45. The molecule has 1 aliphatic rings. The van der Waals surface area contributed by atoms with Gasteiger partial charge in [0.1, 0.15) is 6.04 Å². The van der Waals surface area contributed by atoms with Gasteiger partial charge in [0.2, 0.25) is 15.9 Å². The lowest BCUT2D eigenvalue weighted by molar-refractivity contribution is -0.119. The average molecular weight is 378 g/mol. The zero-order chi connectivity index (χ0) is 17.7. The number of sulfonamides is 1. The Labute approximate surface area is 144 Å². The molecule has 1 fully saturated rings. The Morgan fingerprint density at radius 3 is 2.88 bits per heavy atom. The zero-order valence-corrected chi connectivity index (χ0v) is 14.9. The third-order valence-electron chi connectivity index (χ3n) is 3.65. The van der Waals surface area contributed by atoms with Crippen LogP contribution in [0.5, 0.6) is 0 Å². The Morgan fingerprint density at radius 2 is 2.21 bits per heavy atom. The van der Waals surface area contributed by atoms with Crippen LogP contribution in [0.2, 0.25) is 0 Å². The topological polar surface area (TPSA) is 66.5 Å². The Balaban J connectivity index is 2.09. The van der Waals surface area contributed by atoms with Crippen molar-refractivity contribution in [3.63, 3.8) is 0 Å². The number of thioether (sulfide) groups is 1. The van der Waals surface area contributed by atoms with Crippen molar-refractivity contribution >= 4 is 33.4 Å². The molecule has 1 atom stereocenters. The van der Waals surface area contributed by atoms with Gasteiger partial charge in [0.05, 0.1) is 5.75 Å². The predicted molar refractivity (Wildman–Crippen MR) is 90.7 cm³/mol. The first-order valence-electron chi connectivity index (χ1n) is 7.68. The van der Waals surface area contributed by atoms with E-state index in [1.54, 1.807) is 19.1 Å². The third-order valence-corrected chi connectivity index (χ3v) is 6.43. The van der Waals surface area contributed by atoms with Gasteiger partial charge in [0.25, 0.3) is 5.76 Å². The van der Waals surface area contributed by atoms with E-state index in [0.29, 0.717) is 48.2 Å². The summed E-state index contributed by atoms with van der Waals surface area (Å²) in [5, 5.41) is 2.64. The van der Waals surface area contributed by atoms with Crippen LogP contribution in [0.25, 0.3) is 0 Å². The molecule has 0 radical (unpaired) electrons. The van der Waals surface area contributed by atoms with Crippen molar-refractivity contribution < 1.29 is 22.0 Å². The van der Waals surface area contributed by atoms with E-state index in [1.807, 2.05) is 0 Å². The first-order valence-corrected chi connectivity index (χ1v) is 10.2. The van der Waals surface area contributed by atoms with Crippen LogP contribution in [-0.2, 0) is 14.8 Å². The summed E-state index contributed by atoms with van der Waals surface area (Å²) in [6, 6.07) is 5.40. The van der Waals surface area contributed by atoms with Gasteiger partial charge in [-0.3, -0.25) is 4.79 Å². The van der Waals surface area contributed by atoms with E-state index in [0.717, 1.165) is 0 Å². The molecule has 1 aromatic carbocycles. The van der Waals surface area contributed by atoms with E-state index in [2.05, 4.69) is 5.32 Å². The highest BCUT2D eigenvalue weighted by Crippen LogP contribution is 2.28. The van der Waals surface area contributed by atoms with Crippen LogP contribution in [0.15, 0.2) is 29.2 Å². The second kappa shape index (κ2) is 8.26. The SMILES string of the molecule is CCCS(=O)(=O)N1CCCC1C(=O)Nc1cccc(SC(F)F)c1. The molecule has 1 unspecified atom stereocenters. The van der Waals surface area contributed by atoms with Gasteiger partial charge in [-0.25, -0.2) is 8.42 Å². The highest BCUT2D eigenvalue weighted by atomic mass is 32.2. The number of carbonyl (C=O) groups is 1. The number of benzene rings is 1. The Kier molecular flexibility index (Phi) is 6.59. The number of hydrogen-bond donors (Lipinski definition) is 1. The maximum absolute atomic E-state index is 12.4. The van der Waals surface area contributed by atoms with E-state index < -0.39 is 27.7 Å². The van der Waals surface area contributed by atoms with E-state index in [1.165, 1.54) is 16.4 Å². The Hall–Kier alpha value is -1.19. The summed E-state index contributed by atoms with van der Waals surface area (Å²) in [6.45, 7) is 2.11. The monoisotopic (exact) mass is 378 g/mol. The number of amides is 1. The molecule has 5 nitrogen and oxygen atoms in total. The lowest BCUT2D eigenvalue weighted by Crippen LogP contribution is -2.44. The van der Waals surface area contributed by atoms with Gasteiger partial charge in [-0.1, -0.05) is 24.8 Å². The second-order valence-electron chi connectivity index (χ2n) is 5.48. The number of hydrogen-bond acceptors (Lipinski definition) is 4. The molecule has 0 spiro atoms. The molecule has 24 heavy (non-hydrogen) atoms. The largest absolute Gasteiger partial charge is 0.325 e. The number of halogens is 2. The van der Waals surface area contributed by atoms with Crippen molar-refractivity contribution in [3.05, 3.63) is 24.3 Å². The van der Waals surface area contributed by atoms with Crippen LogP contribution in [-0.4, -0.2) is 42.7 Å². The Bertz CT molecular complexity index is 683. The van der Waals surface area contributed by atoms with Gasteiger partial charge in [-0.2, -0.15) is 13.1 Å². The van der Waals surface area contributed by atoms with Crippen LogP contribution in [0.4, 0.5) is 14.5 Å². The summed E-state index contributed by atoms with van der Waals surface area (Å²) >= 11 is 0.392. The second-order valence-corrected chi connectivity index (χ2v) is 8.58. The van der Waals surface area contributed by atoms with Crippen LogP contribution in [0, 0.1) is 0 Å². The van der Waals surface area contributed by atoms with Gasteiger partial charge in [0, 0.05) is 17.1 Å². The third kappa shape index (κ3) is 4.90. The van der Waals surface area contributed by atoms with Crippen molar-refractivity contribution in [2.45, 2.75) is 42.9 Å². The highest BCUT2D eigenvalue weighted by molar-refractivity contribution is 7.99. The summed E-state index contributed by atoms with van der Waals surface area (Å²) in [5.41, 5.74) is 0.380. The number of nitrogens with one attached hydrogen (secondary N) is 1. The molecule has 1 heterocycles. The summed E-state index contributed by atoms with van der Waals surface area (Å²) in [4.78, 5) is 12.8. The fourth-order valence-electron chi connectivity index (χ4n) is 2.69. The molecule has 0 aliphatic carbocycles. The maximum atomic E-state index is 12.4. The van der Waals surface area contributed by atoms with Crippen LogP contribution in [0.3, 0.4) is 0 Å². The summed E-state index contributed by atoms with van der Waals surface area (Å²) < 4.78 is 50.6. The van der Waals surface area contributed by atoms with Crippen molar-refractivity contribution in [3.8, 4) is 0 Å². The van der Waals surface area contributed by atoms with Crippen molar-refractivity contribution in [2.75, 3.05) is 17.6 Å². The molecule has 2 rings (SSSR count). The van der Waals surface area contributed by atoms with E-state index in [-0.39, 0.29) is 5.75 Å². The number of anilines is 1. The number of carbonyl (C=O) groups excluding carboxylic acids is 1. The van der Waals surface area contributed by atoms with E-state index in [9.17, 15) is 22.0 Å². The molecular weight excluding hydrogens is 358 g/mol. The van der Waals surface area contributed by atoms with Gasteiger partial charge < -0.3 is 5.32 Å². The highest BCUT2D eigenvalue weighted by Gasteiger charge is 2.38. The lowest BCUT2D eigenvalue weighted by atomic mass is 10.2. The first kappa shape index (κ1) is 19.1. The molecule has 1 N–H and O–H groups in total. The molecule has 1 aromatic rings. The normalized spacial score (nSPS) is 18.9. The predicted octanol–water partition coefficient (Wildman–Crippen LogP) is 3.14. The number of rotatable bonds is 7. The van der Waals surface area contributed by atoms with Crippen LogP contribution < -0.4 is 5.32 Å². The van der Waals surface area contributed by atoms with Gasteiger partial charge in [-0.15, -0.1) is 0 Å². The fourth-order valence-corrected chi connectivity index (χ4v) is 4.99. The smallest absolute Gasteiger partial charge is 0.288 e. The van der Waals surface area contributed by atoms with Crippen molar-refractivity contribution in [1.29, 1.82) is 0 Å². The van der Waals surface area contributed by atoms with Gasteiger partial charge >= 0.3 is 0 Å². The van der Waals surface area contributed by atoms with Crippen molar-refractivity contribution in [1.82, 2.24) is 4.31 Å². The lowest BCUT2D eigenvalue weighted by Gasteiger charge is -2.23. The van der Waals surface area contributed by atoms with Crippen LogP contribution in [0.1, 0.15) is 26.2 Å². The minimum absolute atomic E-state index is 0.0112. The van der Waals surface area contributed by atoms with Gasteiger partial charge in [-0.05, 0) is 37.5 Å². The average Bonchev–Trinajstić information content (AvgIpc) is 2.97. The first-order chi connectivity index (χ1) is 11.3. The van der Waals surface area contributed by atoms with E-state index >= 15 is 0 Å². The van der Waals surface area contributed by atoms with E-state index in [4.69, 9.17) is 0 Å².